The fourth-order valence-electron chi connectivity index (χ4n) is 3.41. The van der Waals surface area contributed by atoms with E-state index < -0.39 is 12.0 Å². The van der Waals surface area contributed by atoms with Gasteiger partial charge in [0.1, 0.15) is 6.04 Å². The Morgan fingerprint density at radius 3 is 2.50 bits per heavy atom. The van der Waals surface area contributed by atoms with Gasteiger partial charge in [0.2, 0.25) is 5.91 Å². The summed E-state index contributed by atoms with van der Waals surface area (Å²) in [5.74, 6) is -0.410. The largest absolute Gasteiger partial charge is 0.480 e. The van der Waals surface area contributed by atoms with Gasteiger partial charge in [-0.2, -0.15) is 0 Å². The molecule has 114 valence electrons. The number of hydrogen-bond donors (Lipinski definition) is 2. The summed E-state index contributed by atoms with van der Waals surface area (Å²) in [6.45, 7) is 4.60. The molecule has 0 aromatic carbocycles. The molecule has 1 aliphatic carbocycles. The maximum Gasteiger partial charge on any atom is 0.320 e. The number of likely N-dealkylation sites (tertiary alicyclic amines) is 1. The molecular weight excluding hydrogens is 256 g/mol. The SMILES string of the molecule is CC1CCN(C(C)C(=O)NC2CCCC2)C(C(=O)O)C1. The predicted molar refractivity (Wildman–Crippen MR) is 76.4 cm³/mol. The molecule has 0 aromatic rings. The summed E-state index contributed by atoms with van der Waals surface area (Å²) in [6.07, 6.45) is 6.06. The van der Waals surface area contributed by atoms with Gasteiger partial charge >= 0.3 is 5.97 Å². The van der Waals surface area contributed by atoms with Crippen LogP contribution in [0.25, 0.3) is 0 Å². The van der Waals surface area contributed by atoms with E-state index in [1.165, 1.54) is 12.8 Å². The number of carbonyl (C=O) groups is 2. The van der Waals surface area contributed by atoms with Crippen LogP contribution in [0.1, 0.15) is 52.4 Å². The quantitative estimate of drug-likeness (QED) is 0.822. The third-order valence-corrected chi connectivity index (χ3v) is 4.77. The molecule has 1 aliphatic heterocycles. The van der Waals surface area contributed by atoms with E-state index in [-0.39, 0.29) is 18.0 Å². The second-order valence-electron chi connectivity index (χ2n) is 6.39. The van der Waals surface area contributed by atoms with Gasteiger partial charge in [-0.3, -0.25) is 14.5 Å². The van der Waals surface area contributed by atoms with Crippen LogP contribution >= 0.6 is 0 Å². The number of nitrogens with one attached hydrogen (secondary N) is 1. The lowest BCUT2D eigenvalue weighted by atomic mass is 9.91. The molecule has 0 spiro atoms. The Kier molecular flexibility index (Phi) is 5.02. The maximum atomic E-state index is 12.3. The highest BCUT2D eigenvalue weighted by Crippen LogP contribution is 2.25. The lowest BCUT2D eigenvalue weighted by Crippen LogP contribution is -2.56. The van der Waals surface area contributed by atoms with E-state index in [1.807, 2.05) is 11.8 Å². The molecule has 2 aliphatic rings. The molecule has 3 atom stereocenters. The van der Waals surface area contributed by atoms with Crippen LogP contribution in [-0.2, 0) is 9.59 Å². The van der Waals surface area contributed by atoms with Crippen LogP contribution in [0.5, 0.6) is 0 Å². The van der Waals surface area contributed by atoms with Crippen molar-refractivity contribution in [3.05, 3.63) is 0 Å². The third kappa shape index (κ3) is 3.51. The summed E-state index contributed by atoms with van der Waals surface area (Å²) < 4.78 is 0. The molecule has 1 amide bonds. The zero-order valence-corrected chi connectivity index (χ0v) is 12.5. The van der Waals surface area contributed by atoms with Crippen molar-refractivity contribution in [1.29, 1.82) is 0 Å². The van der Waals surface area contributed by atoms with E-state index >= 15 is 0 Å². The number of carboxylic acid groups (broad SMARTS) is 1. The first-order valence-electron chi connectivity index (χ1n) is 7.78. The van der Waals surface area contributed by atoms with E-state index in [0.717, 1.165) is 19.3 Å². The lowest BCUT2D eigenvalue weighted by Gasteiger charge is -2.39. The fourth-order valence-corrected chi connectivity index (χ4v) is 3.41. The number of hydrogen-bond acceptors (Lipinski definition) is 3. The molecule has 1 saturated heterocycles. The molecule has 20 heavy (non-hydrogen) atoms. The number of nitrogens with zero attached hydrogens (tertiary/aromatic N) is 1. The Hall–Kier alpha value is -1.10. The van der Waals surface area contributed by atoms with Gasteiger partial charge in [-0.05, 0) is 38.5 Å². The zero-order chi connectivity index (χ0) is 14.7. The monoisotopic (exact) mass is 282 g/mol. The normalized spacial score (nSPS) is 30.1. The van der Waals surface area contributed by atoms with Crippen LogP contribution in [0.2, 0.25) is 0 Å². The molecule has 3 unspecified atom stereocenters. The summed E-state index contributed by atoms with van der Waals surface area (Å²) in [4.78, 5) is 25.6. The molecule has 1 heterocycles. The average Bonchev–Trinajstić information content (AvgIpc) is 2.90. The van der Waals surface area contributed by atoms with E-state index in [4.69, 9.17) is 0 Å². The molecule has 0 radical (unpaired) electrons. The Bertz CT molecular complexity index is 366. The van der Waals surface area contributed by atoms with E-state index in [2.05, 4.69) is 12.2 Å². The van der Waals surface area contributed by atoms with Crippen molar-refractivity contribution in [3.63, 3.8) is 0 Å². The van der Waals surface area contributed by atoms with Crippen LogP contribution in [0.4, 0.5) is 0 Å². The van der Waals surface area contributed by atoms with Crippen molar-refractivity contribution >= 4 is 11.9 Å². The molecular formula is C15H26N2O3. The van der Waals surface area contributed by atoms with Crippen LogP contribution in [0.15, 0.2) is 0 Å². The summed E-state index contributed by atoms with van der Waals surface area (Å²) in [5.41, 5.74) is 0. The number of piperidine rings is 1. The zero-order valence-electron chi connectivity index (χ0n) is 12.5. The third-order valence-electron chi connectivity index (χ3n) is 4.77. The first-order chi connectivity index (χ1) is 9.49. The number of carboxylic acids is 1. The average molecular weight is 282 g/mol. The van der Waals surface area contributed by atoms with Crippen molar-refractivity contribution in [3.8, 4) is 0 Å². The second-order valence-corrected chi connectivity index (χ2v) is 6.39. The standard InChI is InChI=1S/C15H26N2O3/c1-10-7-8-17(13(9-10)15(19)20)11(2)14(18)16-12-5-3-4-6-12/h10-13H,3-9H2,1-2H3,(H,16,18)(H,19,20). The molecule has 5 heteroatoms. The van der Waals surface area contributed by atoms with Crippen molar-refractivity contribution < 1.29 is 14.7 Å². The number of rotatable bonds is 4. The van der Waals surface area contributed by atoms with Crippen LogP contribution in [0, 0.1) is 5.92 Å². The molecule has 1 saturated carbocycles. The number of aliphatic carboxylic acids is 1. The first kappa shape index (κ1) is 15.3. The highest BCUT2D eigenvalue weighted by atomic mass is 16.4. The molecule has 2 rings (SSSR count). The summed E-state index contributed by atoms with van der Waals surface area (Å²) in [5, 5.41) is 12.4. The fraction of sp³-hybridized carbons (Fsp3) is 0.867. The minimum absolute atomic E-state index is 0.0160. The summed E-state index contributed by atoms with van der Waals surface area (Å²) >= 11 is 0. The molecule has 0 bridgehead atoms. The van der Waals surface area contributed by atoms with Crippen molar-refractivity contribution in [2.45, 2.75) is 70.5 Å². The molecule has 2 fully saturated rings. The van der Waals surface area contributed by atoms with Gasteiger partial charge in [-0.25, -0.2) is 0 Å². The van der Waals surface area contributed by atoms with E-state index in [9.17, 15) is 14.7 Å². The Balaban J connectivity index is 1.96. The summed E-state index contributed by atoms with van der Waals surface area (Å²) in [6, 6.07) is -0.593. The Morgan fingerprint density at radius 2 is 1.90 bits per heavy atom. The molecule has 5 nitrogen and oxygen atoms in total. The van der Waals surface area contributed by atoms with Gasteiger partial charge in [-0.1, -0.05) is 19.8 Å². The smallest absolute Gasteiger partial charge is 0.320 e. The molecule has 0 aromatic heterocycles. The highest BCUT2D eigenvalue weighted by molar-refractivity contribution is 5.83. The van der Waals surface area contributed by atoms with Crippen LogP contribution < -0.4 is 5.32 Å². The minimum Gasteiger partial charge on any atom is -0.480 e. The first-order valence-corrected chi connectivity index (χ1v) is 7.78. The number of carbonyl (C=O) groups excluding carboxylic acids is 1. The predicted octanol–water partition coefficient (Wildman–Crippen LogP) is 1.62. The van der Waals surface area contributed by atoms with E-state index in [0.29, 0.717) is 18.9 Å². The number of amides is 1. The van der Waals surface area contributed by atoms with Gasteiger partial charge in [0.25, 0.3) is 0 Å². The van der Waals surface area contributed by atoms with Crippen LogP contribution in [0.3, 0.4) is 0 Å². The Labute approximate surface area is 120 Å². The second kappa shape index (κ2) is 6.57. The lowest BCUT2D eigenvalue weighted by molar-refractivity contribution is -0.148. The van der Waals surface area contributed by atoms with Gasteiger partial charge < -0.3 is 10.4 Å². The van der Waals surface area contributed by atoms with Gasteiger partial charge in [0.15, 0.2) is 0 Å². The molecule has 2 N–H and O–H groups in total. The highest BCUT2D eigenvalue weighted by Gasteiger charge is 2.37. The Morgan fingerprint density at radius 1 is 1.25 bits per heavy atom. The topological polar surface area (TPSA) is 69.6 Å². The van der Waals surface area contributed by atoms with Crippen LogP contribution in [-0.4, -0.2) is 46.6 Å². The van der Waals surface area contributed by atoms with Gasteiger partial charge in [-0.15, -0.1) is 0 Å². The van der Waals surface area contributed by atoms with Crippen molar-refractivity contribution in [1.82, 2.24) is 10.2 Å². The minimum atomic E-state index is -0.808. The van der Waals surface area contributed by atoms with E-state index in [1.54, 1.807) is 0 Å². The van der Waals surface area contributed by atoms with Gasteiger partial charge in [0.05, 0.1) is 6.04 Å². The maximum absolute atomic E-state index is 12.3. The van der Waals surface area contributed by atoms with Crippen molar-refractivity contribution in [2.24, 2.45) is 5.92 Å². The van der Waals surface area contributed by atoms with Crippen molar-refractivity contribution in [2.75, 3.05) is 6.54 Å². The summed E-state index contributed by atoms with van der Waals surface area (Å²) in [7, 11) is 0. The van der Waals surface area contributed by atoms with Gasteiger partial charge in [0, 0.05) is 12.6 Å².